The molecule has 5 heteroatoms. The monoisotopic (exact) mass is 225 g/mol. The maximum absolute atomic E-state index is 11.1. The molecule has 0 aromatic heterocycles. The summed E-state index contributed by atoms with van der Waals surface area (Å²) < 4.78 is 4.80. The lowest BCUT2D eigenvalue weighted by molar-refractivity contribution is -0.145. The largest absolute Gasteiger partial charge is 0.461 e. The van der Waals surface area contributed by atoms with Gasteiger partial charge >= 0.3 is 5.97 Å². The Hall–Kier alpha value is 0.00688. The highest BCUT2D eigenvalue weighted by Gasteiger charge is 2.18. The van der Waals surface area contributed by atoms with Gasteiger partial charge < -0.3 is 4.74 Å². The second-order valence-corrected chi connectivity index (χ2v) is 6.77. The lowest BCUT2D eigenvalue weighted by atomic mass is 10.2. The summed E-state index contributed by atoms with van der Waals surface area (Å²) in [6.07, 6.45) is 1.53. The van der Waals surface area contributed by atoms with Crippen LogP contribution in [0.2, 0.25) is 6.04 Å². The van der Waals surface area contributed by atoms with Gasteiger partial charge in [-0.05, 0) is 6.04 Å². The number of hydrogen-bond acceptors (Lipinski definition) is 2. The van der Waals surface area contributed by atoms with Crippen molar-refractivity contribution in [2.75, 3.05) is 6.61 Å². The van der Waals surface area contributed by atoms with Gasteiger partial charge in [-0.1, -0.05) is 19.6 Å². The maximum Gasteiger partial charge on any atom is 0.308 e. The Labute approximate surface area is 83.5 Å². The molecule has 69 valence electrons. The van der Waals surface area contributed by atoms with Gasteiger partial charge in [0.15, 0.2) is 0 Å². The first-order chi connectivity index (χ1) is 5.57. The molecule has 0 aliphatic rings. The molecule has 0 aliphatic heterocycles. The van der Waals surface area contributed by atoms with Crippen molar-refractivity contribution >= 4 is 35.5 Å². The summed E-state index contributed by atoms with van der Waals surface area (Å²) in [5, 5.41) is 0. The van der Waals surface area contributed by atoms with E-state index in [-0.39, 0.29) is 18.5 Å². The van der Waals surface area contributed by atoms with Crippen molar-refractivity contribution < 1.29 is 9.53 Å². The predicted molar refractivity (Wildman–Crippen MR) is 52.6 cm³/mol. The van der Waals surface area contributed by atoms with Crippen LogP contribution in [0.3, 0.4) is 0 Å². The van der Waals surface area contributed by atoms with E-state index in [0.29, 0.717) is 6.04 Å². The van der Waals surface area contributed by atoms with Gasteiger partial charge in [-0.25, -0.2) is 0 Å². The molecule has 2 nitrogen and oxygen atoms in total. The normalized spacial score (nSPS) is 12.7. The van der Waals surface area contributed by atoms with Gasteiger partial charge in [0.25, 0.3) is 7.42 Å². The Bertz CT molecular complexity index is 161. The first kappa shape index (κ1) is 12.0. The van der Waals surface area contributed by atoms with Crippen molar-refractivity contribution in [3.05, 3.63) is 12.7 Å². The van der Waals surface area contributed by atoms with Gasteiger partial charge in [-0.3, -0.25) is 4.79 Å². The molecule has 0 saturated carbocycles. The molecular formula is C7H11Cl2O2Si. The minimum atomic E-state index is -1.39. The van der Waals surface area contributed by atoms with Crippen LogP contribution in [0.4, 0.5) is 0 Å². The van der Waals surface area contributed by atoms with E-state index < -0.39 is 7.42 Å². The Balaban J connectivity index is 3.68. The zero-order chi connectivity index (χ0) is 9.56. The van der Waals surface area contributed by atoms with E-state index in [1.54, 1.807) is 6.92 Å². The lowest BCUT2D eigenvalue weighted by Crippen LogP contribution is -2.17. The topological polar surface area (TPSA) is 26.3 Å². The third-order valence-electron chi connectivity index (χ3n) is 1.21. The molecule has 0 fully saturated rings. The summed E-state index contributed by atoms with van der Waals surface area (Å²) in [5.41, 5.74) is 0. The highest BCUT2D eigenvalue weighted by Crippen LogP contribution is 2.13. The smallest absolute Gasteiger partial charge is 0.308 e. The van der Waals surface area contributed by atoms with Crippen LogP contribution in [0.5, 0.6) is 0 Å². The molecule has 0 amide bonds. The standard InChI is InChI=1S/C7H11Cl2O2Si/c1-3-4-11-7(10)6(2)5-12(8)9/h3,6H,1,4-5H2,2H3. The third kappa shape index (κ3) is 5.63. The molecular weight excluding hydrogens is 215 g/mol. The fourth-order valence-corrected chi connectivity index (χ4v) is 2.62. The zero-order valence-electron chi connectivity index (χ0n) is 6.85. The van der Waals surface area contributed by atoms with Crippen LogP contribution in [0.25, 0.3) is 0 Å². The van der Waals surface area contributed by atoms with Crippen LogP contribution >= 0.6 is 22.2 Å². The number of carbonyl (C=O) groups is 1. The molecule has 0 N–H and O–H groups in total. The number of hydrogen-bond donors (Lipinski definition) is 0. The fourth-order valence-electron chi connectivity index (χ4n) is 0.598. The van der Waals surface area contributed by atoms with E-state index in [1.165, 1.54) is 6.08 Å². The summed E-state index contributed by atoms with van der Waals surface area (Å²) in [5.74, 6) is -0.479. The van der Waals surface area contributed by atoms with Gasteiger partial charge in [0.1, 0.15) is 6.61 Å². The molecule has 1 unspecified atom stereocenters. The van der Waals surface area contributed by atoms with E-state index in [4.69, 9.17) is 26.9 Å². The van der Waals surface area contributed by atoms with E-state index >= 15 is 0 Å². The van der Waals surface area contributed by atoms with Crippen molar-refractivity contribution in [2.24, 2.45) is 5.92 Å². The van der Waals surface area contributed by atoms with Crippen molar-refractivity contribution in [3.8, 4) is 0 Å². The molecule has 0 saturated heterocycles. The number of halogens is 2. The Morgan fingerprint density at radius 2 is 2.33 bits per heavy atom. The minimum absolute atomic E-state index is 0.214. The summed E-state index contributed by atoms with van der Waals surface area (Å²) in [4.78, 5) is 11.1. The Morgan fingerprint density at radius 3 is 2.75 bits per heavy atom. The fraction of sp³-hybridized carbons (Fsp3) is 0.571. The molecule has 0 bridgehead atoms. The molecule has 1 radical (unpaired) electrons. The van der Waals surface area contributed by atoms with Crippen molar-refractivity contribution in [3.63, 3.8) is 0 Å². The van der Waals surface area contributed by atoms with Crippen LogP contribution < -0.4 is 0 Å². The molecule has 0 spiro atoms. The molecule has 0 heterocycles. The Morgan fingerprint density at radius 1 is 1.75 bits per heavy atom. The van der Waals surface area contributed by atoms with E-state index in [0.717, 1.165) is 0 Å². The minimum Gasteiger partial charge on any atom is -0.461 e. The predicted octanol–water partition coefficient (Wildman–Crippen LogP) is 2.32. The summed E-state index contributed by atoms with van der Waals surface area (Å²) >= 11 is 11.2. The van der Waals surface area contributed by atoms with Crippen LogP contribution in [0.1, 0.15) is 6.92 Å². The molecule has 0 aromatic rings. The molecule has 0 aromatic carbocycles. The number of carbonyl (C=O) groups excluding carboxylic acids is 1. The summed E-state index contributed by atoms with van der Waals surface area (Å²) in [6, 6.07) is 0.518. The van der Waals surface area contributed by atoms with E-state index in [2.05, 4.69) is 6.58 Å². The van der Waals surface area contributed by atoms with Gasteiger partial charge in [0.2, 0.25) is 0 Å². The first-order valence-corrected chi connectivity index (χ1v) is 7.25. The quantitative estimate of drug-likeness (QED) is 0.311. The highest BCUT2D eigenvalue weighted by molar-refractivity contribution is 7.33. The zero-order valence-corrected chi connectivity index (χ0v) is 9.36. The van der Waals surface area contributed by atoms with Gasteiger partial charge in [0.05, 0.1) is 5.92 Å². The Kier molecular flexibility index (Phi) is 6.52. The lowest BCUT2D eigenvalue weighted by Gasteiger charge is -2.08. The molecule has 12 heavy (non-hydrogen) atoms. The van der Waals surface area contributed by atoms with Crippen LogP contribution in [0.15, 0.2) is 12.7 Å². The van der Waals surface area contributed by atoms with Gasteiger partial charge in [-0.2, -0.15) is 0 Å². The van der Waals surface area contributed by atoms with E-state index in [1.807, 2.05) is 0 Å². The van der Waals surface area contributed by atoms with Crippen LogP contribution in [0, 0.1) is 5.92 Å². The van der Waals surface area contributed by atoms with Crippen LogP contribution in [-0.2, 0) is 9.53 Å². The average molecular weight is 226 g/mol. The van der Waals surface area contributed by atoms with Crippen molar-refractivity contribution in [2.45, 2.75) is 13.0 Å². The molecule has 0 aliphatic carbocycles. The van der Waals surface area contributed by atoms with Crippen LogP contribution in [-0.4, -0.2) is 20.0 Å². The molecule has 1 atom stereocenters. The van der Waals surface area contributed by atoms with Crippen molar-refractivity contribution in [1.29, 1.82) is 0 Å². The molecule has 0 rings (SSSR count). The SMILES string of the molecule is C=CCOC(=O)C(C)C[Si](Cl)Cl. The average Bonchev–Trinajstić information content (AvgIpc) is 1.98. The first-order valence-electron chi connectivity index (χ1n) is 3.52. The summed E-state index contributed by atoms with van der Waals surface area (Å²) in [7, 11) is -1.39. The second-order valence-electron chi connectivity index (χ2n) is 2.36. The van der Waals surface area contributed by atoms with E-state index in [9.17, 15) is 4.79 Å². The number of esters is 1. The summed E-state index contributed by atoms with van der Waals surface area (Å²) in [6.45, 7) is 5.43. The number of ether oxygens (including phenoxy) is 1. The van der Waals surface area contributed by atoms with Gasteiger partial charge in [-0.15, -0.1) is 22.2 Å². The number of rotatable bonds is 5. The third-order valence-corrected chi connectivity index (χ3v) is 3.05. The second kappa shape index (κ2) is 6.52. The highest BCUT2D eigenvalue weighted by atomic mass is 35.7. The van der Waals surface area contributed by atoms with Crippen molar-refractivity contribution in [1.82, 2.24) is 0 Å². The van der Waals surface area contributed by atoms with Gasteiger partial charge in [0, 0.05) is 0 Å². The maximum atomic E-state index is 11.1.